The molecule has 0 spiro atoms. The summed E-state index contributed by atoms with van der Waals surface area (Å²) in [5.41, 5.74) is 16.7. The summed E-state index contributed by atoms with van der Waals surface area (Å²) >= 11 is 1.47. The number of carbonyl (C=O) groups excluding carboxylic acids is 3. The summed E-state index contributed by atoms with van der Waals surface area (Å²) in [6.07, 6.45) is 3.43. The zero-order valence-corrected chi connectivity index (χ0v) is 22.9. The first-order chi connectivity index (χ1) is 16.8. The molecular formula is C23H45N7O5S. The number of hydrogen-bond donors (Lipinski definition) is 7. The van der Waals surface area contributed by atoms with Gasteiger partial charge in [-0.2, -0.15) is 11.8 Å². The quantitative estimate of drug-likeness (QED) is 0.0704. The zero-order valence-electron chi connectivity index (χ0n) is 22.1. The van der Waals surface area contributed by atoms with Crippen molar-refractivity contribution < 1.29 is 24.3 Å². The maximum Gasteiger partial charge on any atom is 0.326 e. The highest BCUT2D eigenvalue weighted by molar-refractivity contribution is 7.98. The summed E-state index contributed by atoms with van der Waals surface area (Å²) in [6.45, 7) is 7.89. The van der Waals surface area contributed by atoms with Gasteiger partial charge in [-0.15, -0.1) is 0 Å². The third kappa shape index (κ3) is 14.8. The fourth-order valence-electron chi connectivity index (χ4n) is 3.41. The fourth-order valence-corrected chi connectivity index (χ4v) is 3.88. The van der Waals surface area contributed by atoms with Gasteiger partial charge in [0.05, 0.1) is 6.04 Å². The number of thioether (sulfide) groups is 1. The van der Waals surface area contributed by atoms with Crippen LogP contribution in [0.5, 0.6) is 0 Å². The molecule has 13 heteroatoms. The van der Waals surface area contributed by atoms with Crippen LogP contribution in [0.1, 0.15) is 59.8 Å². The van der Waals surface area contributed by atoms with Gasteiger partial charge in [-0.3, -0.25) is 19.4 Å². The highest BCUT2D eigenvalue weighted by Gasteiger charge is 2.30. The number of hydrogen-bond acceptors (Lipinski definition) is 7. The molecule has 0 saturated heterocycles. The third-order valence-corrected chi connectivity index (χ3v) is 5.85. The normalized spacial score (nSPS) is 14.4. The Morgan fingerprint density at radius 3 is 1.86 bits per heavy atom. The van der Waals surface area contributed by atoms with E-state index in [1.807, 2.05) is 34.0 Å². The number of nitrogens with zero attached hydrogens (tertiary/aromatic N) is 1. The van der Waals surface area contributed by atoms with E-state index in [0.29, 0.717) is 18.6 Å². The first-order valence-electron chi connectivity index (χ1n) is 12.2. The second-order valence-electron chi connectivity index (χ2n) is 9.62. The molecule has 0 saturated carbocycles. The molecule has 0 aliphatic rings. The summed E-state index contributed by atoms with van der Waals surface area (Å²) in [6, 6.07) is -3.81. The molecule has 0 radical (unpaired) electrons. The van der Waals surface area contributed by atoms with Gasteiger partial charge in [0.2, 0.25) is 17.7 Å². The van der Waals surface area contributed by atoms with Crippen molar-refractivity contribution in [2.24, 2.45) is 34.0 Å². The van der Waals surface area contributed by atoms with Crippen molar-refractivity contribution >= 4 is 41.4 Å². The number of carbonyl (C=O) groups is 4. The van der Waals surface area contributed by atoms with Crippen LogP contribution in [-0.2, 0) is 19.2 Å². The molecule has 0 aromatic rings. The minimum absolute atomic E-state index is 0.0323. The van der Waals surface area contributed by atoms with Gasteiger partial charge < -0.3 is 38.3 Å². The maximum absolute atomic E-state index is 13.2. The van der Waals surface area contributed by atoms with Gasteiger partial charge in [0, 0.05) is 6.54 Å². The fraction of sp³-hybridized carbons (Fsp3) is 0.783. The van der Waals surface area contributed by atoms with E-state index in [1.165, 1.54) is 11.8 Å². The molecule has 36 heavy (non-hydrogen) atoms. The lowest BCUT2D eigenvalue weighted by Gasteiger charge is -2.26. The van der Waals surface area contributed by atoms with Gasteiger partial charge in [0.15, 0.2) is 5.96 Å². The summed E-state index contributed by atoms with van der Waals surface area (Å²) in [7, 11) is 0. The minimum Gasteiger partial charge on any atom is -0.480 e. The summed E-state index contributed by atoms with van der Waals surface area (Å²) in [4.78, 5) is 54.2. The Balaban J connectivity index is 5.58. The van der Waals surface area contributed by atoms with Crippen LogP contribution < -0.4 is 33.2 Å². The Labute approximate surface area is 218 Å². The molecule has 0 fully saturated rings. The highest BCUT2D eigenvalue weighted by atomic mass is 32.2. The number of aliphatic imine (C=N–C) groups is 1. The van der Waals surface area contributed by atoms with Crippen LogP contribution in [0.15, 0.2) is 4.99 Å². The number of nitrogens with one attached hydrogen (secondary N) is 3. The Morgan fingerprint density at radius 2 is 1.36 bits per heavy atom. The molecule has 0 bridgehead atoms. The van der Waals surface area contributed by atoms with E-state index in [9.17, 15) is 24.3 Å². The lowest BCUT2D eigenvalue weighted by Crippen LogP contribution is -2.57. The molecule has 10 N–H and O–H groups in total. The lowest BCUT2D eigenvalue weighted by atomic mass is 10.0. The molecule has 3 amide bonds. The number of carboxylic acid groups (broad SMARTS) is 1. The Morgan fingerprint density at radius 1 is 0.833 bits per heavy atom. The van der Waals surface area contributed by atoms with Gasteiger partial charge in [-0.05, 0) is 55.9 Å². The second kappa shape index (κ2) is 17.8. The predicted octanol–water partition coefficient (Wildman–Crippen LogP) is -0.248. The van der Waals surface area contributed by atoms with Crippen molar-refractivity contribution in [2.75, 3.05) is 18.6 Å². The van der Waals surface area contributed by atoms with Crippen LogP contribution in [0.25, 0.3) is 0 Å². The van der Waals surface area contributed by atoms with Gasteiger partial charge in [-0.1, -0.05) is 27.7 Å². The van der Waals surface area contributed by atoms with Gasteiger partial charge in [0.1, 0.15) is 18.1 Å². The van der Waals surface area contributed by atoms with Crippen LogP contribution in [0.2, 0.25) is 0 Å². The molecule has 208 valence electrons. The largest absolute Gasteiger partial charge is 0.480 e. The molecule has 12 nitrogen and oxygen atoms in total. The first-order valence-corrected chi connectivity index (χ1v) is 13.6. The van der Waals surface area contributed by atoms with Crippen molar-refractivity contribution in [2.45, 2.75) is 84.0 Å². The van der Waals surface area contributed by atoms with Crippen LogP contribution in [0.3, 0.4) is 0 Å². The molecular weight excluding hydrogens is 486 g/mol. The number of carboxylic acids is 1. The molecule has 0 heterocycles. The van der Waals surface area contributed by atoms with Crippen LogP contribution in [0, 0.1) is 11.8 Å². The Hall–Kier alpha value is -2.54. The Bertz CT molecular complexity index is 744. The van der Waals surface area contributed by atoms with E-state index in [4.69, 9.17) is 17.2 Å². The van der Waals surface area contributed by atoms with E-state index in [2.05, 4.69) is 20.9 Å². The van der Waals surface area contributed by atoms with E-state index in [0.717, 1.165) is 0 Å². The monoisotopic (exact) mass is 531 g/mol. The number of aliphatic carboxylic acids is 1. The van der Waals surface area contributed by atoms with Gasteiger partial charge >= 0.3 is 5.97 Å². The van der Waals surface area contributed by atoms with Gasteiger partial charge in [0.25, 0.3) is 0 Å². The topological polar surface area (TPSA) is 215 Å². The number of nitrogens with two attached hydrogens (primary N) is 3. The number of guanidine groups is 1. The summed E-state index contributed by atoms with van der Waals surface area (Å²) < 4.78 is 0. The molecule has 0 rings (SSSR count). The van der Waals surface area contributed by atoms with E-state index < -0.39 is 47.9 Å². The van der Waals surface area contributed by atoms with Gasteiger partial charge in [-0.25, -0.2) is 4.79 Å². The number of amides is 3. The zero-order chi connectivity index (χ0) is 27.8. The number of rotatable bonds is 18. The van der Waals surface area contributed by atoms with E-state index in [1.54, 1.807) is 0 Å². The SMILES string of the molecule is CSCCC(NC(=O)C(CC(C)C)NC(=O)C(CCCN=C(N)N)NC(=O)C(N)CC(C)C)C(=O)O. The van der Waals surface area contributed by atoms with Crippen LogP contribution in [-0.4, -0.2) is 77.5 Å². The minimum atomic E-state index is -1.14. The highest BCUT2D eigenvalue weighted by Crippen LogP contribution is 2.10. The maximum atomic E-state index is 13.2. The van der Waals surface area contributed by atoms with Crippen molar-refractivity contribution in [3.8, 4) is 0 Å². The summed E-state index contributed by atoms with van der Waals surface area (Å²) in [5.74, 6) is -2.08. The molecule has 0 aromatic carbocycles. The first kappa shape index (κ1) is 33.5. The van der Waals surface area contributed by atoms with Crippen LogP contribution >= 0.6 is 11.8 Å². The van der Waals surface area contributed by atoms with Crippen molar-refractivity contribution in [3.05, 3.63) is 0 Å². The molecule has 4 unspecified atom stereocenters. The molecule has 0 aromatic heterocycles. The lowest BCUT2D eigenvalue weighted by molar-refractivity contribution is -0.142. The van der Waals surface area contributed by atoms with Crippen molar-refractivity contribution in [1.82, 2.24) is 16.0 Å². The summed E-state index contributed by atoms with van der Waals surface area (Å²) in [5, 5.41) is 17.4. The van der Waals surface area contributed by atoms with Crippen LogP contribution in [0.4, 0.5) is 0 Å². The molecule has 0 aliphatic carbocycles. The molecule has 0 aliphatic heterocycles. The second-order valence-corrected chi connectivity index (χ2v) is 10.6. The average molecular weight is 532 g/mol. The van der Waals surface area contributed by atoms with E-state index >= 15 is 0 Å². The van der Waals surface area contributed by atoms with E-state index in [-0.39, 0.29) is 43.6 Å². The third-order valence-electron chi connectivity index (χ3n) is 5.21. The van der Waals surface area contributed by atoms with Crippen molar-refractivity contribution in [3.63, 3.8) is 0 Å². The van der Waals surface area contributed by atoms with Crippen molar-refractivity contribution in [1.29, 1.82) is 0 Å². The standard InChI is InChI=1S/C23H45N7O5S/c1-13(2)11-15(24)19(31)28-16(7-6-9-27-23(25)26)20(32)30-18(12-14(3)4)21(33)29-17(22(34)35)8-10-36-5/h13-18H,6-12,24H2,1-5H3,(H,28,31)(H,29,33)(H,30,32)(H,34,35)(H4,25,26,27). The smallest absolute Gasteiger partial charge is 0.326 e. The molecule has 4 atom stereocenters. The Kier molecular flexibility index (Phi) is 16.6. The predicted molar refractivity (Wildman–Crippen MR) is 143 cm³/mol. The average Bonchev–Trinajstić information content (AvgIpc) is 2.76.